The number of aryl methyl sites for hydroxylation is 1. The standard InChI is InChI=1S/C11H18FN3/c1-11(12)4-3-5-15(8-11)7-10-6-13-9-14(10)2/h6,9H,3-5,7-8H2,1-2H3/t11-/m1/s1. The van der Waals surface area contributed by atoms with Gasteiger partial charge in [0, 0.05) is 26.3 Å². The Morgan fingerprint density at radius 1 is 1.60 bits per heavy atom. The van der Waals surface area contributed by atoms with Crippen molar-refractivity contribution < 1.29 is 4.39 Å². The van der Waals surface area contributed by atoms with E-state index in [-0.39, 0.29) is 0 Å². The summed E-state index contributed by atoms with van der Waals surface area (Å²) in [5, 5.41) is 0. The van der Waals surface area contributed by atoms with Gasteiger partial charge < -0.3 is 4.57 Å². The van der Waals surface area contributed by atoms with Crippen LogP contribution in [0, 0.1) is 0 Å². The molecule has 0 unspecified atom stereocenters. The number of nitrogens with zero attached hydrogens (tertiary/aromatic N) is 3. The van der Waals surface area contributed by atoms with Crippen LogP contribution in [0.2, 0.25) is 0 Å². The van der Waals surface area contributed by atoms with Crippen LogP contribution < -0.4 is 0 Å². The Kier molecular flexibility index (Phi) is 2.78. The molecule has 0 N–H and O–H groups in total. The average Bonchev–Trinajstić information content (AvgIpc) is 2.50. The quantitative estimate of drug-likeness (QED) is 0.743. The van der Waals surface area contributed by atoms with Crippen LogP contribution >= 0.6 is 0 Å². The molecule has 0 radical (unpaired) electrons. The Morgan fingerprint density at radius 3 is 3.00 bits per heavy atom. The summed E-state index contributed by atoms with van der Waals surface area (Å²) in [6.07, 6.45) is 5.28. The number of alkyl halides is 1. The lowest BCUT2D eigenvalue weighted by molar-refractivity contribution is 0.0552. The van der Waals surface area contributed by atoms with Crippen molar-refractivity contribution in [2.75, 3.05) is 13.1 Å². The second-order valence-corrected chi connectivity index (χ2v) is 4.72. The topological polar surface area (TPSA) is 21.1 Å². The van der Waals surface area contributed by atoms with Crippen molar-refractivity contribution in [3.8, 4) is 0 Å². The van der Waals surface area contributed by atoms with Gasteiger partial charge in [0.15, 0.2) is 0 Å². The molecule has 1 aliphatic rings. The molecular weight excluding hydrogens is 193 g/mol. The first-order chi connectivity index (χ1) is 7.07. The van der Waals surface area contributed by atoms with E-state index < -0.39 is 5.67 Å². The van der Waals surface area contributed by atoms with Crippen molar-refractivity contribution in [1.82, 2.24) is 14.5 Å². The first-order valence-corrected chi connectivity index (χ1v) is 5.43. The summed E-state index contributed by atoms with van der Waals surface area (Å²) in [6.45, 7) is 4.03. The fraction of sp³-hybridized carbons (Fsp3) is 0.727. The van der Waals surface area contributed by atoms with E-state index in [2.05, 4.69) is 9.88 Å². The van der Waals surface area contributed by atoms with E-state index in [1.165, 1.54) is 0 Å². The SMILES string of the molecule is Cn1cncc1CN1CCC[C@@](C)(F)C1. The van der Waals surface area contributed by atoms with Crippen LogP contribution in [0.4, 0.5) is 4.39 Å². The monoisotopic (exact) mass is 211 g/mol. The van der Waals surface area contributed by atoms with Crippen molar-refractivity contribution in [3.63, 3.8) is 0 Å². The number of hydrogen-bond acceptors (Lipinski definition) is 2. The highest BCUT2D eigenvalue weighted by atomic mass is 19.1. The molecule has 1 saturated heterocycles. The van der Waals surface area contributed by atoms with Crippen molar-refractivity contribution in [2.24, 2.45) is 7.05 Å². The highest BCUT2D eigenvalue weighted by molar-refractivity contribution is 4.98. The Bertz CT molecular complexity index is 332. The Balaban J connectivity index is 1.98. The third-order valence-electron chi connectivity index (χ3n) is 3.03. The number of hydrogen-bond donors (Lipinski definition) is 0. The first-order valence-electron chi connectivity index (χ1n) is 5.43. The van der Waals surface area contributed by atoms with Gasteiger partial charge in [0.05, 0.1) is 12.0 Å². The van der Waals surface area contributed by atoms with Crippen molar-refractivity contribution in [3.05, 3.63) is 18.2 Å². The molecule has 84 valence electrons. The Labute approximate surface area is 89.9 Å². The maximum atomic E-state index is 13.8. The Hall–Kier alpha value is -0.900. The fourth-order valence-electron chi connectivity index (χ4n) is 2.20. The van der Waals surface area contributed by atoms with Crippen LogP contribution in [0.25, 0.3) is 0 Å². The van der Waals surface area contributed by atoms with Crippen molar-refractivity contribution in [2.45, 2.75) is 32.0 Å². The minimum absolute atomic E-state index is 0.540. The third kappa shape index (κ3) is 2.56. The number of imidazole rings is 1. The van der Waals surface area contributed by atoms with Gasteiger partial charge >= 0.3 is 0 Å². The average molecular weight is 211 g/mol. The molecular formula is C11H18FN3. The number of likely N-dealkylation sites (tertiary alicyclic amines) is 1. The van der Waals surface area contributed by atoms with Crippen molar-refractivity contribution >= 4 is 0 Å². The second-order valence-electron chi connectivity index (χ2n) is 4.72. The maximum Gasteiger partial charge on any atom is 0.120 e. The summed E-state index contributed by atoms with van der Waals surface area (Å²) in [4.78, 5) is 6.23. The van der Waals surface area contributed by atoms with E-state index in [1.54, 1.807) is 13.3 Å². The molecule has 1 aliphatic heterocycles. The van der Waals surface area contributed by atoms with E-state index in [0.29, 0.717) is 13.0 Å². The molecule has 2 heterocycles. The van der Waals surface area contributed by atoms with Crippen LogP contribution in [0.3, 0.4) is 0 Å². The summed E-state index contributed by atoms with van der Waals surface area (Å²) in [6, 6.07) is 0. The minimum Gasteiger partial charge on any atom is -0.337 e. The predicted molar refractivity (Wildman–Crippen MR) is 57.2 cm³/mol. The lowest BCUT2D eigenvalue weighted by atomic mass is 9.97. The van der Waals surface area contributed by atoms with Crippen LogP contribution in [-0.2, 0) is 13.6 Å². The lowest BCUT2D eigenvalue weighted by Crippen LogP contribution is -2.43. The van der Waals surface area contributed by atoms with Gasteiger partial charge in [-0.15, -0.1) is 0 Å². The largest absolute Gasteiger partial charge is 0.337 e. The minimum atomic E-state index is -1.02. The van der Waals surface area contributed by atoms with Gasteiger partial charge in [-0.25, -0.2) is 9.37 Å². The molecule has 0 spiro atoms. The lowest BCUT2D eigenvalue weighted by Gasteiger charge is -2.34. The molecule has 0 saturated carbocycles. The molecule has 3 nitrogen and oxygen atoms in total. The van der Waals surface area contributed by atoms with Crippen LogP contribution in [-0.4, -0.2) is 33.2 Å². The predicted octanol–water partition coefficient (Wildman–Crippen LogP) is 1.74. The summed E-state index contributed by atoms with van der Waals surface area (Å²) < 4.78 is 15.8. The van der Waals surface area contributed by atoms with Crippen LogP contribution in [0.1, 0.15) is 25.5 Å². The van der Waals surface area contributed by atoms with Gasteiger partial charge in [0.25, 0.3) is 0 Å². The summed E-state index contributed by atoms with van der Waals surface area (Å²) in [5.41, 5.74) is 0.129. The van der Waals surface area contributed by atoms with Gasteiger partial charge in [0.1, 0.15) is 5.67 Å². The molecule has 1 fully saturated rings. The van der Waals surface area contributed by atoms with E-state index >= 15 is 0 Å². The molecule has 1 aromatic rings. The van der Waals surface area contributed by atoms with E-state index in [0.717, 1.165) is 25.2 Å². The van der Waals surface area contributed by atoms with E-state index in [4.69, 9.17) is 0 Å². The molecule has 2 rings (SSSR count). The molecule has 0 bridgehead atoms. The smallest absolute Gasteiger partial charge is 0.120 e. The number of rotatable bonds is 2. The molecule has 4 heteroatoms. The van der Waals surface area contributed by atoms with Gasteiger partial charge in [0.2, 0.25) is 0 Å². The molecule has 0 aliphatic carbocycles. The fourth-order valence-corrected chi connectivity index (χ4v) is 2.20. The highest BCUT2D eigenvalue weighted by Crippen LogP contribution is 2.25. The van der Waals surface area contributed by atoms with Gasteiger partial charge in [-0.05, 0) is 26.3 Å². The van der Waals surface area contributed by atoms with Crippen LogP contribution in [0.15, 0.2) is 12.5 Å². The first kappa shape index (κ1) is 10.6. The molecule has 0 aromatic carbocycles. The zero-order chi connectivity index (χ0) is 10.9. The summed E-state index contributed by atoms with van der Waals surface area (Å²) in [7, 11) is 1.97. The van der Waals surface area contributed by atoms with Gasteiger partial charge in [-0.1, -0.05) is 0 Å². The number of aromatic nitrogens is 2. The zero-order valence-corrected chi connectivity index (χ0v) is 9.41. The van der Waals surface area contributed by atoms with E-state index in [9.17, 15) is 4.39 Å². The molecule has 1 atom stereocenters. The molecule has 1 aromatic heterocycles. The van der Waals surface area contributed by atoms with Gasteiger partial charge in [-0.2, -0.15) is 0 Å². The maximum absolute atomic E-state index is 13.8. The number of piperidine rings is 1. The second kappa shape index (κ2) is 3.93. The van der Waals surface area contributed by atoms with E-state index in [1.807, 2.05) is 17.8 Å². The highest BCUT2D eigenvalue weighted by Gasteiger charge is 2.30. The van der Waals surface area contributed by atoms with Gasteiger partial charge in [-0.3, -0.25) is 4.90 Å². The molecule has 0 amide bonds. The number of halogens is 1. The Morgan fingerprint density at radius 2 is 2.40 bits per heavy atom. The normalized spacial score (nSPS) is 28.2. The molecule has 15 heavy (non-hydrogen) atoms. The summed E-state index contributed by atoms with van der Waals surface area (Å²) >= 11 is 0. The van der Waals surface area contributed by atoms with Crippen molar-refractivity contribution in [1.29, 1.82) is 0 Å². The van der Waals surface area contributed by atoms with Crippen LogP contribution in [0.5, 0.6) is 0 Å². The summed E-state index contributed by atoms with van der Waals surface area (Å²) in [5.74, 6) is 0. The third-order valence-corrected chi connectivity index (χ3v) is 3.03. The zero-order valence-electron chi connectivity index (χ0n) is 9.41.